The molecule has 0 bridgehead atoms. The van der Waals surface area contributed by atoms with E-state index < -0.39 is 10.9 Å². The summed E-state index contributed by atoms with van der Waals surface area (Å²) in [5, 5.41) is 19.7. The molecular weight excluding hydrogens is 330 g/mol. The predicted molar refractivity (Wildman–Crippen MR) is 79.3 cm³/mol. The molecule has 0 heterocycles. The van der Waals surface area contributed by atoms with E-state index in [4.69, 9.17) is 10.8 Å². The first-order valence-corrected chi connectivity index (χ1v) is 6.35. The minimum Gasteiger partial charge on any atom is -0.480 e. The number of aliphatic carboxylic acids is 1. The average Bonchev–Trinajstić information content (AvgIpc) is 2.32. The number of nitro groups is 1. The Balaban J connectivity index is 3.31. The lowest BCUT2D eigenvalue weighted by atomic mass is 10.0. The van der Waals surface area contributed by atoms with Gasteiger partial charge in [0.05, 0.1) is 11.5 Å². The zero-order chi connectivity index (χ0) is 15.4. The summed E-state index contributed by atoms with van der Waals surface area (Å²) in [4.78, 5) is 22.6. The fraction of sp³-hybridized carbons (Fsp3) is 0.250. The number of carbonyl (C=O) groups is 1. The predicted octanol–water partition coefficient (Wildman–Crippen LogP) is 2.10. The molecule has 0 radical (unpaired) electrons. The van der Waals surface area contributed by atoms with E-state index in [1.807, 2.05) is 0 Å². The molecule has 0 saturated carbocycles. The van der Waals surface area contributed by atoms with Gasteiger partial charge in [-0.1, -0.05) is 12.7 Å². The van der Waals surface area contributed by atoms with E-state index in [0.717, 1.165) is 0 Å². The first-order valence-electron chi connectivity index (χ1n) is 5.56. The Morgan fingerprint density at radius 1 is 1.70 bits per heavy atom. The van der Waals surface area contributed by atoms with E-state index >= 15 is 0 Å². The van der Waals surface area contributed by atoms with Gasteiger partial charge in [-0.3, -0.25) is 19.8 Å². The summed E-state index contributed by atoms with van der Waals surface area (Å²) in [6.07, 6.45) is 1.52. The molecule has 0 unspecified atom stereocenters. The highest BCUT2D eigenvalue weighted by molar-refractivity contribution is 9.10. The Labute approximate surface area is 124 Å². The third-order valence-electron chi connectivity index (χ3n) is 2.68. The Kier molecular flexibility index (Phi) is 5.23. The Bertz CT molecular complexity index is 574. The number of halogens is 1. The van der Waals surface area contributed by atoms with Crippen molar-refractivity contribution in [2.75, 3.05) is 19.3 Å². The Hall–Kier alpha value is -1.93. The number of likely N-dealkylation sites (N-methyl/N-ethyl adjacent to an activating group) is 1. The fourth-order valence-corrected chi connectivity index (χ4v) is 2.44. The van der Waals surface area contributed by atoms with Crippen LogP contribution in [0.3, 0.4) is 0 Å². The summed E-state index contributed by atoms with van der Waals surface area (Å²) >= 11 is 3.24. The van der Waals surface area contributed by atoms with Crippen LogP contribution in [-0.4, -0.2) is 34.5 Å². The summed E-state index contributed by atoms with van der Waals surface area (Å²) in [5.74, 6) is -0.990. The molecule has 108 valence electrons. The van der Waals surface area contributed by atoms with Crippen molar-refractivity contribution in [3.63, 3.8) is 0 Å². The van der Waals surface area contributed by atoms with Crippen LogP contribution in [0, 0.1) is 10.1 Å². The van der Waals surface area contributed by atoms with Crippen molar-refractivity contribution < 1.29 is 14.8 Å². The fourth-order valence-electron chi connectivity index (χ4n) is 1.82. The van der Waals surface area contributed by atoms with E-state index in [2.05, 4.69) is 22.5 Å². The molecule has 0 aliphatic rings. The topological polar surface area (TPSA) is 110 Å². The maximum Gasteiger partial charge on any atom is 0.317 e. The molecule has 0 aliphatic heterocycles. The van der Waals surface area contributed by atoms with Crippen molar-refractivity contribution in [1.29, 1.82) is 0 Å². The number of hydrogen-bond acceptors (Lipinski definition) is 5. The van der Waals surface area contributed by atoms with E-state index in [9.17, 15) is 14.9 Å². The second-order valence-electron chi connectivity index (χ2n) is 4.21. The number of nitrogens with two attached hydrogens (primary N) is 1. The molecule has 1 rings (SSSR count). The van der Waals surface area contributed by atoms with Gasteiger partial charge in [0.25, 0.3) is 5.69 Å². The van der Waals surface area contributed by atoms with Crippen molar-refractivity contribution in [1.82, 2.24) is 4.90 Å². The molecule has 0 amide bonds. The number of carboxylic acid groups (broad SMARTS) is 1. The highest BCUT2D eigenvalue weighted by atomic mass is 79.9. The van der Waals surface area contributed by atoms with Gasteiger partial charge in [0.1, 0.15) is 5.69 Å². The normalized spacial score (nSPS) is 10.6. The molecule has 0 aromatic heterocycles. The van der Waals surface area contributed by atoms with Gasteiger partial charge in [-0.25, -0.2) is 0 Å². The van der Waals surface area contributed by atoms with E-state index in [1.165, 1.54) is 17.0 Å². The van der Waals surface area contributed by atoms with Crippen molar-refractivity contribution in [2.24, 2.45) is 0 Å². The summed E-state index contributed by atoms with van der Waals surface area (Å²) < 4.78 is 0.493. The molecule has 1 aromatic rings. The molecule has 3 N–H and O–H groups in total. The maximum absolute atomic E-state index is 11.0. The van der Waals surface area contributed by atoms with E-state index in [0.29, 0.717) is 15.6 Å². The molecule has 0 saturated heterocycles. The minimum absolute atomic E-state index is 0.0188. The van der Waals surface area contributed by atoms with Crippen LogP contribution in [0.2, 0.25) is 0 Å². The molecule has 0 aliphatic carbocycles. The van der Waals surface area contributed by atoms with Gasteiger partial charge in [-0.05, 0) is 28.5 Å². The highest BCUT2D eigenvalue weighted by Gasteiger charge is 2.21. The van der Waals surface area contributed by atoms with Gasteiger partial charge in [0.2, 0.25) is 0 Å². The van der Waals surface area contributed by atoms with Crippen LogP contribution in [-0.2, 0) is 11.3 Å². The minimum atomic E-state index is -0.990. The number of benzene rings is 1. The van der Waals surface area contributed by atoms with Crippen LogP contribution in [0.5, 0.6) is 0 Å². The molecule has 20 heavy (non-hydrogen) atoms. The molecule has 0 spiro atoms. The number of carboxylic acids is 1. The van der Waals surface area contributed by atoms with Crippen molar-refractivity contribution in [3.05, 3.63) is 38.4 Å². The Morgan fingerprint density at radius 2 is 2.30 bits per heavy atom. The number of nitrogens with zero attached hydrogens (tertiary/aromatic N) is 2. The first-order chi connectivity index (χ1) is 9.27. The second kappa shape index (κ2) is 6.49. The SMILES string of the molecule is C=Cc1c(Br)cc([N+](=O)[O-])c(N)c1CN(C)CC(=O)O. The van der Waals surface area contributed by atoms with Crippen LogP contribution in [0.4, 0.5) is 11.4 Å². The van der Waals surface area contributed by atoms with E-state index in [-0.39, 0.29) is 24.5 Å². The zero-order valence-corrected chi connectivity index (χ0v) is 12.4. The number of rotatable bonds is 6. The standard InChI is InChI=1S/C12H14BrN3O4/c1-3-7-8(5-15(2)6-11(17)18)12(14)10(16(19)20)4-9(7)13/h3-4H,1,5-6,14H2,2H3,(H,17,18). The number of nitrogen functional groups attached to an aromatic ring is 1. The third-order valence-corrected chi connectivity index (χ3v) is 3.34. The molecule has 8 heteroatoms. The maximum atomic E-state index is 11.0. The summed E-state index contributed by atoms with van der Waals surface area (Å²) in [6, 6.07) is 1.31. The largest absolute Gasteiger partial charge is 0.480 e. The van der Waals surface area contributed by atoms with Crippen LogP contribution >= 0.6 is 15.9 Å². The van der Waals surface area contributed by atoms with Crippen molar-refractivity contribution >= 4 is 39.4 Å². The number of nitro benzene ring substituents is 1. The summed E-state index contributed by atoms with van der Waals surface area (Å²) in [7, 11) is 1.59. The average molecular weight is 344 g/mol. The van der Waals surface area contributed by atoms with Gasteiger partial charge < -0.3 is 10.8 Å². The van der Waals surface area contributed by atoms with Crippen LogP contribution < -0.4 is 5.73 Å². The summed E-state index contributed by atoms with van der Waals surface area (Å²) in [6.45, 7) is 3.61. The van der Waals surface area contributed by atoms with Crippen LogP contribution in [0.25, 0.3) is 6.08 Å². The lowest BCUT2D eigenvalue weighted by molar-refractivity contribution is -0.384. The molecule has 0 atom stereocenters. The number of anilines is 1. The summed E-state index contributed by atoms with van der Waals surface area (Å²) in [5.41, 5.74) is 6.71. The van der Waals surface area contributed by atoms with E-state index in [1.54, 1.807) is 7.05 Å². The highest BCUT2D eigenvalue weighted by Crippen LogP contribution is 2.35. The Morgan fingerprint density at radius 3 is 2.75 bits per heavy atom. The number of hydrogen-bond donors (Lipinski definition) is 2. The molecule has 0 fully saturated rings. The lowest BCUT2D eigenvalue weighted by Crippen LogP contribution is -2.26. The first kappa shape index (κ1) is 16.1. The van der Waals surface area contributed by atoms with Crippen LogP contribution in [0.15, 0.2) is 17.1 Å². The van der Waals surface area contributed by atoms with Gasteiger partial charge in [0.15, 0.2) is 0 Å². The molecule has 1 aromatic carbocycles. The smallest absolute Gasteiger partial charge is 0.317 e. The monoisotopic (exact) mass is 343 g/mol. The van der Waals surface area contributed by atoms with Crippen molar-refractivity contribution in [3.8, 4) is 0 Å². The van der Waals surface area contributed by atoms with Crippen molar-refractivity contribution in [2.45, 2.75) is 6.54 Å². The molecule has 7 nitrogen and oxygen atoms in total. The quantitative estimate of drug-likeness (QED) is 0.465. The van der Waals surface area contributed by atoms with Gasteiger partial charge in [-0.15, -0.1) is 0 Å². The van der Waals surface area contributed by atoms with Gasteiger partial charge in [-0.2, -0.15) is 0 Å². The van der Waals surface area contributed by atoms with Crippen LogP contribution in [0.1, 0.15) is 11.1 Å². The lowest BCUT2D eigenvalue weighted by Gasteiger charge is -2.18. The third kappa shape index (κ3) is 3.55. The van der Waals surface area contributed by atoms with Gasteiger partial charge in [0, 0.05) is 22.6 Å². The molecular formula is C12H14BrN3O4. The zero-order valence-electron chi connectivity index (χ0n) is 10.8. The second-order valence-corrected chi connectivity index (χ2v) is 5.07. The van der Waals surface area contributed by atoms with Gasteiger partial charge >= 0.3 is 5.97 Å².